The van der Waals surface area contributed by atoms with Gasteiger partial charge in [0.05, 0.1) is 18.1 Å². The maximum absolute atomic E-state index is 13.7. The van der Waals surface area contributed by atoms with Crippen LogP contribution in [0.25, 0.3) is 0 Å². The summed E-state index contributed by atoms with van der Waals surface area (Å²) >= 11 is 0. The third kappa shape index (κ3) is 4.28. The van der Waals surface area contributed by atoms with E-state index >= 15 is 0 Å². The number of nitrogens with zero attached hydrogens (tertiary/aromatic N) is 1. The van der Waals surface area contributed by atoms with Crippen molar-refractivity contribution in [3.05, 3.63) is 59.2 Å². The summed E-state index contributed by atoms with van der Waals surface area (Å²) < 4.78 is 31.5. The first-order valence-corrected chi connectivity index (χ1v) is 12.8. The van der Waals surface area contributed by atoms with Gasteiger partial charge in [0.15, 0.2) is 14.6 Å². The van der Waals surface area contributed by atoms with Crippen LogP contribution in [-0.4, -0.2) is 45.4 Å². The number of rotatable bonds is 6. The van der Waals surface area contributed by atoms with E-state index in [-0.39, 0.29) is 10.8 Å². The molecule has 7 heteroatoms. The van der Waals surface area contributed by atoms with E-state index < -0.39 is 14.6 Å². The van der Waals surface area contributed by atoms with E-state index in [2.05, 4.69) is 10.2 Å². The van der Waals surface area contributed by atoms with Crippen molar-refractivity contribution in [1.82, 2.24) is 5.32 Å². The number of nitrogens with one attached hydrogen (secondary N) is 1. The largest absolute Gasteiger partial charge is 0.378 e. The predicted octanol–water partition coefficient (Wildman–Crippen LogP) is 3.54. The molecule has 4 rings (SSSR count). The third-order valence-electron chi connectivity index (χ3n) is 6.74. The summed E-state index contributed by atoms with van der Waals surface area (Å²) in [4.78, 5) is 15.9. The highest BCUT2D eigenvalue weighted by Gasteiger charge is 2.53. The van der Waals surface area contributed by atoms with Gasteiger partial charge in [0.1, 0.15) is 0 Å². The second kappa shape index (κ2) is 9.24. The zero-order valence-corrected chi connectivity index (χ0v) is 19.7. The molecule has 1 saturated heterocycles. The number of ether oxygens (including phenoxy) is 1. The molecule has 0 spiro atoms. The van der Waals surface area contributed by atoms with Gasteiger partial charge < -0.3 is 15.0 Å². The Bertz CT molecular complexity index is 1070. The highest BCUT2D eigenvalue weighted by molar-refractivity contribution is 7.93. The number of amides is 1. The van der Waals surface area contributed by atoms with E-state index in [0.717, 1.165) is 56.0 Å². The number of hydrogen-bond acceptors (Lipinski definition) is 5. The summed E-state index contributed by atoms with van der Waals surface area (Å²) in [6, 6.07) is 13.5. The Kier molecular flexibility index (Phi) is 6.58. The molecule has 2 aromatic carbocycles. The minimum atomic E-state index is -3.81. The summed E-state index contributed by atoms with van der Waals surface area (Å²) in [6.07, 6.45) is 2.21. The van der Waals surface area contributed by atoms with Crippen molar-refractivity contribution in [3.63, 3.8) is 0 Å². The Morgan fingerprint density at radius 2 is 1.69 bits per heavy atom. The maximum Gasteiger partial charge on any atom is 0.242 e. The van der Waals surface area contributed by atoms with E-state index in [4.69, 9.17) is 4.74 Å². The van der Waals surface area contributed by atoms with Crippen molar-refractivity contribution >= 4 is 21.4 Å². The summed E-state index contributed by atoms with van der Waals surface area (Å²) in [5.74, 6) is -0.381. The number of hydrogen-bond donors (Lipinski definition) is 1. The Labute approximate surface area is 190 Å². The highest BCUT2D eigenvalue weighted by Crippen LogP contribution is 2.41. The van der Waals surface area contributed by atoms with E-state index in [1.807, 2.05) is 43.3 Å². The Morgan fingerprint density at radius 1 is 1.03 bits per heavy atom. The lowest BCUT2D eigenvalue weighted by Crippen LogP contribution is -2.50. The molecule has 172 valence electrons. The fourth-order valence-electron chi connectivity index (χ4n) is 4.76. The molecule has 0 bridgehead atoms. The van der Waals surface area contributed by atoms with Crippen LogP contribution in [0.1, 0.15) is 42.4 Å². The molecule has 1 aliphatic carbocycles. The first-order valence-electron chi connectivity index (χ1n) is 11.4. The molecule has 0 unspecified atom stereocenters. The van der Waals surface area contributed by atoms with Crippen LogP contribution < -0.4 is 10.2 Å². The fraction of sp³-hybridized carbons (Fsp3) is 0.480. The normalized spacial score (nSPS) is 18.5. The van der Waals surface area contributed by atoms with Crippen molar-refractivity contribution in [2.45, 2.75) is 55.7 Å². The van der Waals surface area contributed by atoms with Crippen LogP contribution in [0.5, 0.6) is 0 Å². The van der Waals surface area contributed by atoms with Gasteiger partial charge in [-0.25, -0.2) is 8.42 Å². The molecule has 1 aliphatic heterocycles. The van der Waals surface area contributed by atoms with Crippen LogP contribution >= 0.6 is 0 Å². The molecule has 0 aromatic heterocycles. The first-order chi connectivity index (χ1) is 15.3. The molecular weight excluding hydrogens is 424 g/mol. The lowest BCUT2D eigenvalue weighted by molar-refractivity contribution is -0.123. The summed E-state index contributed by atoms with van der Waals surface area (Å²) in [5.41, 5.74) is 3.65. The van der Waals surface area contributed by atoms with E-state index in [1.54, 1.807) is 13.0 Å². The Morgan fingerprint density at radius 3 is 2.34 bits per heavy atom. The number of morpholine rings is 1. The zero-order valence-electron chi connectivity index (χ0n) is 18.9. The van der Waals surface area contributed by atoms with Crippen molar-refractivity contribution in [2.24, 2.45) is 0 Å². The van der Waals surface area contributed by atoms with Crippen molar-refractivity contribution in [3.8, 4) is 0 Å². The molecule has 1 heterocycles. The highest BCUT2D eigenvalue weighted by atomic mass is 32.2. The molecular formula is C25H32N2O4S. The van der Waals surface area contributed by atoms with Crippen molar-refractivity contribution in [1.29, 1.82) is 0 Å². The summed E-state index contributed by atoms with van der Waals surface area (Å²) in [7, 11) is -3.81. The number of sulfone groups is 1. The monoisotopic (exact) mass is 456 g/mol. The minimum absolute atomic E-state index is 0.282. The van der Waals surface area contributed by atoms with Gasteiger partial charge >= 0.3 is 0 Å². The summed E-state index contributed by atoms with van der Waals surface area (Å²) in [5, 5.41) is 2.94. The molecule has 2 aliphatic rings. The molecule has 2 aromatic rings. The van der Waals surface area contributed by atoms with Gasteiger partial charge in [-0.1, -0.05) is 37.1 Å². The number of carbonyl (C=O) groups excluding carboxylic acids is 1. The van der Waals surface area contributed by atoms with Gasteiger partial charge in [0.2, 0.25) is 5.91 Å². The van der Waals surface area contributed by atoms with Crippen LogP contribution in [0.4, 0.5) is 5.69 Å². The lowest BCUT2D eigenvalue weighted by Gasteiger charge is -2.29. The van der Waals surface area contributed by atoms with Gasteiger partial charge in [-0.3, -0.25) is 4.79 Å². The van der Waals surface area contributed by atoms with Gasteiger partial charge in [-0.05, 0) is 61.6 Å². The number of anilines is 1. The molecule has 0 atom stereocenters. The Hall–Kier alpha value is -2.38. The lowest BCUT2D eigenvalue weighted by atomic mass is 10.1. The van der Waals surface area contributed by atoms with Gasteiger partial charge in [0, 0.05) is 25.3 Å². The summed E-state index contributed by atoms with van der Waals surface area (Å²) in [6.45, 7) is 7.18. The van der Waals surface area contributed by atoms with Crippen LogP contribution in [-0.2, 0) is 25.9 Å². The second-order valence-corrected chi connectivity index (χ2v) is 11.2. The van der Waals surface area contributed by atoms with Crippen LogP contribution in [0.2, 0.25) is 0 Å². The molecule has 1 amide bonds. The van der Waals surface area contributed by atoms with E-state index in [1.165, 1.54) is 0 Å². The molecule has 2 fully saturated rings. The number of aryl methyl sites for hydroxylation is 2. The Balaban J connectivity index is 1.51. The zero-order chi connectivity index (χ0) is 22.8. The standard InChI is InChI=1S/C25H32N2O4S/c1-19-5-6-20(2)23(17-19)32(29,30)25(11-3-4-12-25)24(28)26-18-21-7-9-22(10-8-21)27-13-15-31-16-14-27/h5-10,17H,3-4,11-16,18H2,1-2H3,(H,26,28). The minimum Gasteiger partial charge on any atom is -0.378 e. The average molecular weight is 457 g/mol. The first kappa shape index (κ1) is 22.8. The second-order valence-electron chi connectivity index (χ2n) is 8.92. The maximum atomic E-state index is 13.7. The topological polar surface area (TPSA) is 75.7 Å². The molecule has 6 nitrogen and oxygen atoms in total. The van der Waals surface area contributed by atoms with Crippen LogP contribution in [0.15, 0.2) is 47.4 Å². The number of carbonyl (C=O) groups is 1. The van der Waals surface area contributed by atoms with Crippen molar-refractivity contribution in [2.75, 3.05) is 31.2 Å². The average Bonchev–Trinajstić information content (AvgIpc) is 3.32. The van der Waals surface area contributed by atoms with Crippen molar-refractivity contribution < 1.29 is 17.9 Å². The van der Waals surface area contributed by atoms with Gasteiger partial charge in [-0.15, -0.1) is 0 Å². The number of benzene rings is 2. The molecule has 1 saturated carbocycles. The fourth-order valence-corrected chi connectivity index (χ4v) is 7.16. The van der Waals surface area contributed by atoms with Gasteiger partial charge in [-0.2, -0.15) is 0 Å². The molecule has 1 N–H and O–H groups in total. The van der Waals surface area contributed by atoms with E-state index in [9.17, 15) is 13.2 Å². The third-order valence-corrected chi connectivity index (χ3v) is 9.38. The smallest absolute Gasteiger partial charge is 0.242 e. The van der Waals surface area contributed by atoms with Gasteiger partial charge in [0.25, 0.3) is 0 Å². The van der Waals surface area contributed by atoms with E-state index in [0.29, 0.717) is 24.9 Å². The van der Waals surface area contributed by atoms with Crippen LogP contribution in [0, 0.1) is 13.8 Å². The molecule has 0 radical (unpaired) electrons. The quantitative estimate of drug-likeness (QED) is 0.720. The molecule has 32 heavy (non-hydrogen) atoms. The predicted molar refractivity (Wildman–Crippen MR) is 126 cm³/mol. The SMILES string of the molecule is Cc1ccc(C)c(S(=O)(=O)C2(C(=O)NCc3ccc(N4CCOCC4)cc3)CCCC2)c1. The van der Waals surface area contributed by atoms with Crippen LogP contribution in [0.3, 0.4) is 0 Å².